The summed E-state index contributed by atoms with van der Waals surface area (Å²) >= 11 is 0. The van der Waals surface area contributed by atoms with Gasteiger partial charge < -0.3 is 20.9 Å². The molecule has 0 aromatic heterocycles. The fraction of sp³-hybridized carbons (Fsp3) is 0.417. The second kappa shape index (κ2) is 8.93. The van der Waals surface area contributed by atoms with Gasteiger partial charge in [0.25, 0.3) is 0 Å². The van der Waals surface area contributed by atoms with Crippen molar-refractivity contribution in [3.05, 3.63) is 29.8 Å². The summed E-state index contributed by atoms with van der Waals surface area (Å²) in [4.78, 5) is 3.98. The molecular weight excluding hydrogens is 402 g/mol. The van der Waals surface area contributed by atoms with E-state index in [4.69, 9.17) is 10.8 Å². The monoisotopic (exact) mass is 419 g/mol. The van der Waals surface area contributed by atoms with Crippen LogP contribution >= 0.6 is 24.0 Å². The summed E-state index contributed by atoms with van der Waals surface area (Å²) in [6.45, 7) is 2.08. The normalized spacial score (nSPS) is 13.3. The zero-order valence-electron chi connectivity index (χ0n) is 11.2. The zero-order valence-corrected chi connectivity index (χ0v) is 13.6. The Labute approximate surface area is 137 Å². The van der Waals surface area contributed by atoms with E-state index in [1.165, 1.54) is 24.3 Å². The lowest BCUT2D eigenvalue weighted by Gasteiger charge is -2.09. The van der Waals surface area contributed by atoms with E-state index in [1.807, 2.05) is 0 Å². The van der Waals surface area contributed by atoms with Crippen molar-refractivity contribution in [1.82, 2.24) is 5.32 Å². The number of rotatable bonds is 5. The molecule has 0 bridgehead atoms. The van der Waals surface area contributed by atoms with E-state index >= 15 is 0 Å². The Bertz CT molecular complexity index is 450. The number of nitrogens with two attached hydrogens (primary N) is 1. The fourth-order valence-corrected chi connectivity index (χ4v) is 1.28. The van der Waals surface area contributed by atoms with Gasteiger partial charge >= 0.3 is 6.36 Å². The second-order valence-electron chi connectivity index (χ2n) is 4.12. The first-order chi connectivity index (χ1) is 9.26. The van der Waals surface area contributed by atoms with Gasteiger partial charge in [-0.2, -0.15) is 0 Å². The van der Waals surface area contributed by atoms with E-state index in [9.17, 15) is 13.2 Å². The van der Waals surface area contributed by atoms with Gasteiger partial charge in [0, 0.05) is 6.54 Å². The SMILES string of the molecule is CC(O)CNC(N)=NCc1ccc(OC(F)(F)F)cc1.I. The number of hydrogen-bond donors (Lipinski definition) is 3. The largest absolute Gasteiger partial charge is 0.573 e. The number of nitrogens with zero attached hydrogens (tertiary/aromatic N) is 1. The summed E-state index contributed by atoms with van der Waals surface area (Å²) in [5.41, 5.74) is 6.22. The Hall–Kier alpha value is -1.23. The standard InChI is InChI=1S/C12H16F3N3O2.HI/c1-8(19)6-17-11(16)18-7-9-2-4-10(5-3-9)20-12(13,14)15;/h2-5,8,19H,6-7H2,1H3,(H3,16,17,18);1H. The van der Waals surface area contributed by atoms with Crippen molar-refractivity contribution in [2.75, 3.05) is 6.54 Å². The maximum atomic E-state index is 12.0. The van der Waals surface area contributed by atoms with Gasteiger partial charge in [0.15, 0.2) is 5.96 Å². The third-order valence-electron chi connectivity index (χ3n) is 2.17. The molecule has 0 saturated heterocycles. The minimum absolute atomic E-state index is 0. The molecule has 1 unspecified atom stereocenters. The van der Waals surface area contributed by atoms with Gasteiger partial charge in [0.1, 0.15) is 5.75 Å². The number of nitrogens with one attached hydrogen (secondary N) is 1. The third-order valence-corrected chi connectivity index (χ3v) is 2.17. The highest BCUT2D eigenvalue weighted by Crippen LogP contribution is 2.22. The van der Waals surface area contributed by atoms with Gasteiger partial charge in [-0.1, -0.05) is 12.1 Å². The molecule has 21 heavy (non-hydrogen) atoms. The minimum Gasteiger partial charge on any atom is -0.406 e. The van der Waals surface area contributed by atoms with Crippen LogP contribution in [0.4, 0.5) is 13.2 Å². The van der Waals surface area contributed by atoms with Crippen LogP contribution in [0.25, 0.3) is 0 Å². The third kappa shape index (κ3) is 9.34. The molecule has 0 fully saturated rings. The quantitative estimate of drug-likeness (QED) is 0.388. The van der Waals surface area contributed by atoms with E-state index in [2.05, 4.69) is 15.0 Å². The molecule has 0 spiro atoms. The summed E-state index contributed by atoms with van der Waals surface area (Å²) in [5, 5.41) is 11.7. The lowest BCUT2D eigenvalue weighted by Crippen LogP contribution is -2.36. The number of hydrogen-bond acceptors (Lipinski definition) is 3. The Balaban J connectivity index is 0.00000400. The number of alkyl halides is 3. The van der Waals surface area contributed by atoms with Crippen LogP contribution in [-0.2, 0) is 6.54 Å². The first-order valence-electron chi connectivity index (χ1n) is 5.83. The number of aliphatic imine (C=N–C) groups is 1. The average Bonchev–Trinajstić information content (AvgIpc) is 2.33. The van der Waals surface area contributed by atoms with Crippen LogP contribution in [0, 0.1) is 0 Å². The van der Waals surface area contributed by atoms with Crippen molar-refractivity contribution < 1.29 is 23.0 Å². The van der Waals surface area contributed by atoms with Crippen LogP contribution in [-0.4, -0.2) is 30.1 Å². The van der Waals surface area contributed by atoms with Crippen molar-refractivity contribution in [3.63, 3.8) is 0 Å². The van der Waals surface area contributed by atoms with E-state index in [-0.39, 0.29) is 48.8 Å². The van der Waals surface area contributed by atoms with Crippen LogP contribution in [0.3, 0.4) is 0 Å². The Kier molecular flexibility index (Phi) is 8.40. The van der Waals surface area contributed by atoms with E-state index in [1.54, 1.807) is 6.92 Å². The molecule has 0 radical (unpaired) electrons. The van der Waals surface area contributed by atoms with Crippen molar-refractivity contribution in [1.29, 1.82) is 0 Å². The lowest BCUT2D eigenvalue weighted by molar-refractivity contribution is -0.274. The topological polar surface area (TPSA) is 79.9 Å². The molecule has 1 aromatic rings. The zero-order chi connectivity index (χ0) is 15.2. The smallest absolute Gasteiger partial charge is 0.406 e. The summed E-state index contributed by atoms with van der Waals surface area (Å²) in [6, 6.07) is 5.34. The second-order valence-corrected chi connectivity index (χ2v) is 4.12. The van der Waals surface area contributed by atoms with Gasteiger partial charge in [0.2, 0.25) is 0 Å². The number of ether oxygens (including phenoxy) is 1. The van der Waals surface area contributed by atoms with Crippen molar-refractivity contribution >= 4 is 29.9 Å². The van der Waals surface area contributed by atoms with E-state index < -0.39 is 12.5 Å². The first kappa shape index (κ1) is 19.8. The Morgan fingerprint density at radius 2 is 1.95 bits per heavy atom. The molecule has 120 valence electrons. The average molecular weight is 419 g/mol. The van der Waals surface area contributed by atoms with Gasteiger partial charge in [-0.15, -0.1) is 37.1 Å². The van der Waals surface area contributed by atoms with E-state index in [0.29, 0.717) is 5.56 Å². The van der Waals surface area contributed by atoms with Crippen LogP contribution < -0.4 is 15.8 Å². The molecule has 0 aliphatic rings. The van der Waals surface area contributed by atoms with Gasteiger partial charge in [0.05, 0.1) is 12.6 Å². The van der Waals surface area contributed by atoms with Gasteiger partial charge in [-0.25, -0.2) is 4.99 Å². The molecular formula is C12H17F3IN3O2. The number of aliphatic hydroxyl groups excluding tert-OH is 1. The lowest BCUT2D eigenvalue weighted by atomic mass is 10.2. The summed E-state index contributed by atoms with van der Waals surface area (Å²) in [5.74, 6) is -0.132. The molecule has 5 nitrogen and oxygen atoms in total. The predicted molar refractivity (Wildman–Crippen MR) is 83.5 cm³/mol. The molecule has 9 heteroatoms. The van der Waals surface area contributed by atoms with Crippen molar-refractivity contribution in [2.45, 2.75) is 25.9 Å². The number of benzene rings is 1. The molecule has 0 aliphatic heterocycles. The van der Waals surface area contributed by atoms with Crippen LogP contribution in [0.2, 0.25) is 0 Å². The highest BCUT2D eigenvalue weighted by molar-refractivity contribution is 14.0. The number of guanidine groups is 1. The maximum absolute atomic E-state index is 12.0. The Morgan fingerprint density at radius 1 is 1.38 bits per heavy atom. The maximum Gasteiger partial charge on any atom is 0.573 e. The fourth-order valence-electron chi connectivity index (χ4n) is 1.28. The molecule has 1 rings (SSSR count). The summed E-state index contributed by atoms with van der Waals surface area (Å²) < 4.78 is 39.6. The van der Waals surface area contributed by atoms with Crippen LogP contribution in [0.15, 0.2) is 29.3 Å². The first-order valence-corrected chi connectivity index (χ1v) is 5.83. The van der Waals surface area contributed by atoms with Gasteiger partial charge in [-0.05, 0) is 24.6 Å². The molecule has 4 N–H and O–H groups in total. The molecule has 0 aliphatic carbocycles. The molecule has 1 aromatic carbocycles. The van der Waals surface area contributed by atoms with Crippen LogP contribution in [0.5, 0.6) is 5.75 Å². The molecule has 0 saturated carbocycles. The Morgan fingerprint density at radius 3 is 2.43 bits per heavy atom. The van der Waals surface area contributed by atoms with Crippen LogP contribution in [0.1, 0.15) is 12.5 Å². The highest BCUT2D eigenvalue weighted by Gasteiger charge is 2.30. The highest BCUT2D eigenvalue weighted by atomic mass is 127. The van der Waals surface area contributed by atoms with E-state index in [0.717, 1.165) is 0 Å². The van der Waals surface area contributed by atoms with Crippen molar-refractivity contribution in [3.8, 4) is 5.75 Å². The summed E-state index contributed by atoms with van der Waals surface area (Å²) in [7, 11) is 0. The minimum atomic E-state index is -4.70. The molecule has 1 atom stereocenters. The van der Waals surface area contributed by atoms with Gasteiger partial charge in [-0.3, -0.25) is 0 Å². The number of aliphatic hydroxyl groups is 1. The molecule has 0 heterocycles. The summed E-state index contributed by atoms with van der Waals surface area (Å²) in [6.07, 6.45) is -5.25. The number of halogens is 4. The predicted octanol–water partition coefficient (Wildman–Crippen LogP) is 1.99. The molecule has 0 amide bonds. The van der Waals surface area contributed by atoms with Crippen molar-refractivity contribution in [2.24, 2.45) is 10.7 Å².